The Balaban J connectivity index is 1.53. The zero-order valence-electron chi connectivity index (χ0n) is 13.1. The number of hydrogen-bond donors (Lipinski definition) is 0. The third kappa shape index (κ3) is 4.23. The average Bonchev–Trinajstić information content (AvgIpc) is 3.10. The summed E-state index contributed by atoms with van der Waals surface area (Å²) in [6, 6.07) is 8.68. The summed E-state index contributed by atoms with van der Waals surface area (Å²) in [5, 5.41) is 2.43. The normalized spacial score (nSPS) is 16.0. The van der Waals surface area contributed by atoms with E-state index >= 15 is 0 Å². The number of carbonyl (C=O) groups excluding carboxylic acids is 1. The summed E-state index contributed by atoms with van der Waals surface area (Å²) < 4.78 is 13.9. The molecule has 6 heteroatoms. The Bertz CT molecular complexity index is 704. The molecule has 3 rings (SSSR count). The van der Waals surface area contributed by atoms with Crippen LogP contribution in [0.15, 0.2) is 41.8 Å². The van der Waals surface area contributed by atoms with E-state index in [4.69, 9.17) is 11.6 Å². The number of benzene rings is 1. The molecule has 0 saturated carbocycles. The molecule has 1 aromatic carbocycles. The van der Waals surface area contributed by atoms with Crippen molar-refractivity contribution in [1.82, 2.24) is 9.80 Å². The minimum absolute atomic E-state index is 0.0203. The summed E-state index contributed by atoms with van der Waals surface area (Å²) in [6.07, 6.45) is 3.47. The predicted octanol–water partition coefficient (Wildman–Crippen LogP) is 3.90. The number of thiophene rings is 1. The summed E-state index contributed by atoms with van der Waals surface area (Å²) in [5.74, 6) is -0.258. The molecule has 0 spiro atoms. The van der Waals surface area contributed by atoms with Crippen molar-refractivity contribution in [2.45, 2.75) is 6.54 Å². The quantitative estimate of drug-likeness (QED) is 0.768. The first-order valence-corrected chi connectivity index (χ1v) is 9.05. The second-order valence-corrected chi connectivity index (χ2v) is 7.04. The summed E-state index contributed by atoms with van der Waals surface area (Å²) in [5.41, 5.74) is 0.525. The molecule has 1 aromatic heterocycles. The van der Waals surface area contributed by atoms with Gasteiger partial charge in [0, 0.05) is 54.3 Å². The smallest absolute Gasteiger partial charge is 0.246 e. The van der Waals surface area contributed by atoms with Gasteiger partial charge in [-0.15, -0.1) is 11.3 Å². The third-order valence-corrected chi connectivity index (χ3v) is 5.25. The van der Waals surface area contributed by atoms with Gasteiger partial charge in [0.1, 0.15) is 5.82 Å². The van der Waals surface area contributed by atoms with Crippen molar-refractivity contribution in [2.24, 2.45) is 0 Å². The third-order valence-electron chi connectivity index (χ3n) is 4.06. The fourth-order valence-electron chi connectivity index (χ4n) is 2.68. The van der Waals surface area contributed by atoms with Crippen LogP contribution in [-0.4, -0.2) is 41.9 Å². The number of nitrogens with zero attached hydrogens (tertiary/aromatic N) is 2. The highest BCUT2D eigenvalue weighted by Crippen LogP contribution is 2.21. The summed E-state index contributed by atoms with van der Waals surface area (Å²) in [7, 11) is 0. The number of hydrogen-bond acceptors (Lipinski definition) is 3. The number of rotatable bonds is 4. The van der Waals surface area contributed by atoms with E-state index in [1.54, 1.807) is 29.5 Å². The van der Waals surface area contributed by atoms with E-state index in [0.29, 0.717) is 43.3 Å². The van der Waals surface area contributed by atoms with Crippen LogP contribution in [-0.2, 0) is 11.3 Å². The molecule has 126 valence electrons. The molecular formula is C18H18ClFN2OS. The van der Waals surface area contributed by atoms with E-state index in [2.05, 4.69) is 4.90 Å². The Hall–Kier alpha value is -1.69. The number of halogens is 2. The van der Waals surface area contributed by atoms with Gasteiger partial charge in [0.2, 0.25) is 5.91 Å². The Labute approximate surface area is 150 Å². The van der Waals surface area contributed by atoms with Gasteiger partial charge in [0.05, 0.1) is 0 Å². The summed E-state index contributed by atoms with van der Waals surface area (Å²) in [6.45, 7) is 3.17. The van der Waals surface area contributed by atoms with Crippen LogP contribution in [0.4, 0.5) is 4.39 Å². The highest BCUT2D eigenvalue weighted by molar-refractivity contribution is 7.10. The van der Waals surface area contributed by atoms with Crippen LogP contribution in [0.25, 0.3) is 6.08 Å². The van der Waals surface area contributed by atoms with E-state index in [-0.39, 0.29) is 11.7 Å². The molecule has 1 aliphatic rings. The van der Waals surface area contributed by atoms with E-state index in [1.807, 2.05) is 28.5 Å². The second kappa shape index (κ2) is 7.92. The first-order chi connectivity index (χ1) is 11.6. The second-order valence-electron chi connectivity index (χ2n) is 5.65. The molecule has 0 bridgehead atoms. The van der Waals surface area contributed by atoms with E-state index < -0.39 is 0 Å². The van der Waals surface area contributed by atoms with Crippen molar-refractivity contribution < 1.29 is 9.18 Å². The first-order valence-electron chi connectivity index (χ1n) is 7.79. The molecule has 24 heavy (non-hydrogen) atoms. The van der Waals surface area contributed by atoms with Crippen molar-refractivity contribution in [3.05, 3.63) is 63.1 Å². The highest BCUT2D eigenvalue weighted by atomic mass is 35.5. The Morgan fingerprint density at radius 2 is 2.00 bits per heavy atom. The molecule has 0 unspecified atom stereocenters. The molecule has 1 amide bonds. The van der Waals surface area contributed by atoms with Gasteiger partial charge in [0.15, 0.2) is 0 Å². The zero-order valence-corrected chi connectivity index (χ0v) is 14.7. The predicted molar refractivity (Wildman–Crippen MR) is 96.6 cm³/mol. The molecule has 1 aliphatic heterocycles. The van der Waals surface area contributed by atoms with Crippen molar-refractivity contribution in [2.75, 3.05) is 26.2 Å². The van der Waals surface area contributed by atoms with Crippen LogP contribution in [0.3, 0.4) is 0 Å². The van der Waals surface area contributed by atoms with Gasteiger partial charge in [0.25, 0.3) is 0 Å². The molecular weight excluding hydrogens is 347 g/mol. The van der Waals surface area contributed by atoms with E-state index in [9.17, 15) is 9.18 Å². The Kier molecular flexibility index (Phi) is 5.66. The van der Waals surface area contributed by atoms with E-state index in [1.165, 1.54) is 6.07 Å². The molecule has 2 heterocycles. The van der Waals surface area contributed by atoms with Crippen molar-refractivity contribution in [3.63, 3.8) is 0 Å². The Morgan fingerprint density at radius 1 is 1.21 bits per heavy atom. The van der Waals surface area contributed by atoms with E-state index in [0.717, 1.165) is 4.88 Å². The molecule has 1 saturated heterocycles. The lowest BCUT2D eigenvalue weighted by atomic mass is 10.2. The molecule has 0 aliphatic carbocycles. The van der Waals surface area contributed by atoms with Gasteiger partial charge in [-0.05, 0) is 29.7 Å². The van der Waals surface area contributed by atoms with Crippen molar-refractivity contribution in [1.29, 1.82) is 0 Å². The fraction of sp³-hybridized carbons (Fsp3) is 0.278. The zero-order chi connectivity index (χ0) is 16.9. The van der Waals surface area contributed by atoms with Crippen LogP contribution >= 0.6 is 22.9 Å². The molecule has 2 aromatic rings. The number of piperazine rings is 1. The lowest BCUT2D eigenvalue weighted by Crippen LogP contribution is -2.47. The van der Waals surface area contributed by atoms with Crippen LogP contribution in [0.5, 0.6) is 0 Å². The molecule has 0 atom stereocenters. The molecule has 1 fully saturated rings. The SMILES string of the molecule is O=C(C=Cc1cccs1)N1CCN(Cc2c(F)cccc2Cl)CC1. The maximum Gasteiger partial charge on any atom is 0.246 e. The maximum absolute atomic E-state index is 13.9. The minimum atomic E-state index is -0.278. The standard InChI is InChI=1S/C18H18ClFN2OS/c19-16-4-1-5-17(20)15(16)13-21-8-10-22(11-9-21)18(23)7-6-14-3-2-12-24-14/h1-7,12H,8-11,13H2. The van der Waals surface area contributed by atoms with Crippen LogP contribution in [0, 0.1) is 5.82 Å². The Morgan fingerprint density at radius 3 is 2.67 bits per heavy atom. The van der Waals surface area contributed by atoms with Crippen molar-refractivity contribution in [3.8, 4) is 0 Å². The van der Waals surface area contributed by atoms with Gasteiger partial charge in [-0.1, -0.05) is 23.7 Å². The van der Waals surface area contributed by atoms with Crippen molar-refractivity contribution >= 4 is 34.9 Å². The van der Waals surface area contributed by atoms with Crippen LogP contribution < -0.4 is 0 Å². The van der Waals surface area contributed by atoms with Gasteiger partial charge >= 0.3 is 0 Å². The lowest BCUT2D eigenvalue weighted by molar-refractivity contribution is -0.127. The minimum Gasteiger partial charge on any atom is -0.337 e. The fourth-order valence-corrected chi connectivity index (χ4v) is 3.52. The summed E-state index contributed by atoms with van der Waals surface area (Å²) >= 11 is 7.68. The van der Waals surface area contributed by atoms with Gasteiger partial charge in [-0.3, -0.25) is 9.69 Å². The highest BCUT2D eigenvalue weighted by Gasteiger charge is 2.21. The van der Waals surface area contributed by atoms with Gasteiger partial charge in [-0.2, -0.15) is 0 Å². The van der Waals surface area contributed by atoms with Crippen LogP contribution in [0.2, 0.25) is 5.02 Å². The monoisotopic (exact) mass is 364 g/mol. The first kappa shape index (κ1) is 17.1. The average molecular weight is 365 g/mol. The van der Waals surface area contributed by atoms with Gasteiger partial charge < -0.3 is 4.90 Å². The largest absolute Gasteiger partial charge is 0.337 e. The number of carbonyl (C=O) groups is 1. The molecule has 0 N–H and O–H groups in total. The van der Waals surface area contributed by atoms with Gasteiger partial charge in [-0.25, -0.2) is 4.39 Å². The van der Waals surface area contributed by atoms with Crippen LogP contribution in [0.1, 0.15) is 10.4 Å². The topological polar surface area (TPSA) is 23.6 Å². The molecule has 0 radical (unpaired) electrons. The maximum atomic E-state index is 13.9. The number of amides is 1. The lowest BCUT2D eigenvalue weighted by Gasteiger charge is -2.34. The molecule has 3 nitrogen and oxygen atoms in total. The summed E-state index contributed by atoms with van der Waals surface area (Å²) in [4.78, 5) is 17.2.